The number of ether oxygens (including phenoxy) is 2. The van der Waals surface area contributed by atoms with Gasteiger partial charge < -0.3 is 30.5 Å². The third-order valence-corrected chi connectivity index (χ3v) is 8.08. The molecule has 4 N–H and O–H groups in total. The van der Waals surface area contributed by atoms with Gasteiger partial charge in [-0.2, -0.15) is 0 Å². The van der Waals surface area contributed by atoms with Crippen molar-refractivity contribution in [3.63, 3.8) is 0 Å². The summed E-state index contributed by atoms with van der Waals surface area (Å²) in [4.78, 5) is 23.7. The first-order valence-corrected chi connectivity index (χ1v) is 13.9. The van der Waals surface area contributed by atoms with Crippen LogP contribution in [-0.2, 0) is 4.74 Å². The van der Waals surface area contributed by atoms with E-state index < -0.39 is 23.6 Å². The van der Waals surface area contributed by atoms with Crippen LogP contribution in [0.3, 0.4) is 0 Å². The van der Waals surface area contributed by atoms with Gasteiger partial charge in [0.2, 0.25) is 0 Å². The first-order chi connectivity index (χ1) is 19.8. The summed E-state index contributed by atoms with van der Waals surface area (Å²) in [7, 11) is 1.37. The number of methoxy groups -OCH3 is 1. The molecule has 4 atom stereocenters. The number of pyridine rings is 2. The predicted octanol–water partition coefficient (Wildman–Crippen LogP) is 4.11. The van der Waals surface area contributed by atoms with Crippen molar-refractivity contribution in [3.05, 3.63) is 65.6 Å². The fraction of sp³-hybridized carbons (Fsp3) is 0.433. The summed E-state index contributed by atoms with van der Waals surface area (Å²) in [5.41, 5.74) is 7.56. The number of benzene rings is 1. The van der Waals surface area contributed by atoms with Gasteiger partial charge in [0.05, 0.1) is 43.9 Å². The van der Waals surface area contributed by atoms with Crippen LogP contribution in [-0.4, -0.2) is 66.5 Å². The van der Waals surface area contributed by atoms with Crippen molar-refractivity contribution in [3.8, 4) is 17.0 Å². The van der Waals surface area contributed by atoms with E-state index in [-0.39, 0.29) is 40.6 Å². The smallest absolute Gasteiger partial charge is 0.274 e. The van der Waals surface area contributed by atoms with Gasteiger partial charge in [-0.05, 0) is 54.5 Å². The SMILES string of the molecule is CCC1CC(c2ccncc2NC(=O)c2ccc(F)c(-c3c(F)cc(N4CCOCC4)cc3OC)n2)CC(N)C1O. The summed E-state index contributed by atoms with van der Waals surface area (Å²) >= 11 is 0. The van der Waals surface area contributed by atoms with Crippen molar-refractivity contribution in [2.45, 2.75) is 44.2 Å². The summed E-state index contributed by atoms with van der Waals surface area (Å²) < 4.78 is 41.4. The van der Waals surface area contributed by atoms with Crippen LogP contribution >= 0.6 is 0 Å². The van der Waals surface area contributed by atoms with Crippen molar-refractivity contribution in [1.29, 1.82) is 0 Å². The molecule has 4 unspecified atom stereocenters. The highest BCUT2D eigenvalue weighted by Gasteiger charge is 2.35. The number of aliphatic hydroxyl groups is 1. The normalized spacial score (nSPS) is 22.8. The van der Waals surface area contributed by atoms with Gasteiger partial charge in [-0.25, -0.2) is 13.8 Å². The Labute approximate surface area is 237 Å². The molecule has 1 saturated carbocycles. The molecule has 11 heteroatoms. The van der Waals surface area contributed by atoms with Gasteiger partial charge in [0.15, 0.2) is 0 Å². The van der Waals surface area contributed by atoms with Crippen molar-refractivity contribution >= 4 is 17.3 Å². The number of anilines is 2. The fourth-order valence-electron chi connectivity index (χ4n) is 5.84. The van der Waals surface area contributed by atoms with Crippen molar-refractivity contribution in [1.82, 2.24) is 9.97 Å². The van der Waals surface area contributed by atoms with Crippen LogP contribution in [0.25, 0.3) is 11.3 Å². The molecular weight excluding hydrogens is 532 g/mol. The Hall–Kier alpha value is -3.67. The van der Waals surface area contributed by atoms with E-state index in [1.165, 1.54) is 19.2 Å². The molecule has 3 heterocycles. The molecule has 218 valence electrons. The molecule has 2 fully saturated rings. The van der Waals surface area contributed by atoms with Crippen molar-refractivity contribution in [2.24, 2.45) is 11.7 Å². The Morgan fingerprint density at radius 2 is 1.98 bits per heavy atom. The topological polar surface area (TPSA) is 123 Å². The van der Waals surface area contributed by atoms with Crippen LogP contribution in [0.5, 0.6) is 5.75 Å². The maximum Gasteiger partial charge on any atom is 0.274 e. The highest BCUT2D eigenvalue weighted by atomic mass is 19.1. The van der Waals surface area contributed by atoms with Crippen LogP contribution in [0.15, 0.2) is 42.7 Å². The molecule has 41 heavy (non-hydrogen) atoms. The largest absolute Gasteiger partial charge is 0.496 e. The monoisotopic (exact) mass is 567 g/mol. The minimum atomic E-state index is -0.791. The van der Waals surface area contributed by atoms with Crippen LogP contribution in [0, 0.1) is 17.6 Å². The molecule has 0 spiro atoms. The van der Waals surface area contributed by atoms with Gasteiger partial charge in [-0.3, -0.25) is 9.78 Å². The lowest BCUT2D eigenvalue weighted by atomic mass is 9.73. The molecule has 5 rings (SSSR count). The zero-order valence-electron chi connectivity index (χ0n) is 23.1. The molecule has 2 aliphatic rings. The molecule has 0 radical (unpaired) electrons. The number of halogens is 2. The third-order valence-electron chi connectivity index (χ3n) is 8.08. The van der Waals surface area contributed by atoms with E-state index in [2.05, 4.69) is 15.3 Å². The van der Waals surface area contributed by atoms with Crippen LogP contribution in [0.2, 0.25) is 0 Å². The number of hydrogen-bond acceptors (Lipinski definition) is 8. The van der Waals surface area contributed by atoms with Crippen molar-refractivity contribution < 1.29 is 28.2 Å². The van der Waals surface area contributed by atoms with Gasteiger partial charge in [0.25, 0.3) is 5.91 Å². The second-order valence-corrected chi connectivity index (χ2v) is 10.5. The van der Waals surface area contributed by atoms with E-state index in [0.717, 1.165) is 24.5 Å². The summed E-state index contributed by atoms with van der Waals surface area (Å²) in [6.07, 6.45) is 4.68. The second kappa shape index (κ2) is 12.5. The van der Waals surface area contributed by atoms with E-state index in [0.29, 0.717) is 44.1 Å². The van der Waals surface area contributed by atoms with Crippen molar-refractivity contribution in [2.75, 3.05) is 43.6 Å². The standard InChI is InChI=1S/C30H35F2N5O4/c1-3-17-12-18(13-23(33)29(17)38)20-6-7-34-16-25(20)36-30(39)24-5-4-21(31)28(35-24)27-22(32)14-19(15-26(27)40-2)37-8-10-41-11-9-37/h4-7,14-18,23,29,38H,3,8-13,33H2,1-2H3,(H,36,39). The Bertz CT molecular complexity index is 1400. The number of amides is 1. The highest BCUT2D eigenvalue weighted by molar-refractivity contribution is 6.03. The predicted molar refractivity (Wildman–Crippen MR) is 151 cm³/mol. The molecule has 2 aromatic heterocycles. The second-order valence-electron chi connectivity index (χ2n) is 10.5. The summed E-state index contributed by atoms with van der Waals surface area (Å²) in [6.45, 7) is 4.24. The lowest BCUT2D eigenvalue weighted by molar-refractivity contribution is 0.0416. The maximum atomic E-state index is 15.5. The quantitative estimate of drug-likeness (QED) is 0.390. The number of aromatic nitrogens is 2. The van der Waals surface area contributed by atoms with Gasteiger partial charge in [-0.1, -0.05) is 13.3 Å². The van der Waals surface area contributed by atoms with E-state index >= 15 is 8.78 Å². The Morgan fingerprint density at radius 3 is 2.71 bits per heavy atom. The summed E-state index contributed by atoms with van der Waals surface area (Å²) in [5, 5.41) is 13.3. The number of hydrogen-bond donors (Lipinski definition) is 3. The van der Waals surface area contributed by atoms with E-state index in [4.69, 9.17) is 15.2 Å². The molecule has 1 aliphatic heterocycles. The molecule has 0 bridgehead atoms. The lowest BCUT2D eigenvalue weighted by Crippen LogP contribution is -2.45. The number of rotatable bonds is 7. The number of nitrogens with two attached hydrogens (primary N) is 1. The molecule has 1 saturated heterocycles. The number of carbonyl (C=O) groups is 1. The van der Waals surface area contributed by atoms with Gasteiger partial charge in [0.1, 0.15) is 28.8 Å². The molecule has 1 amide bonds. The first kappa shape index (κ1) is 28.8. The van der Waals surface area contributed by atoms with Gasteiger partial charge in [-0.15, -0.1) is 0 Å². The number of aliphatic hydroxyl groups excluding tert-OH is 1. The highest BCUT2D eigenvalue weighted by Crippen LogP contribution is 2.40. The average Bonchev–Trinajstić information content (AvgIpc) is 2.99. The van der Waals surface area contributed by atoms with Gasteiger partial charge in [0, 0.05) is 37.1 Å². The maximum absolute atomic E-state index is 15.5. The van der Waals surface area contributed by atoms with Crippen LogP contribution in [0.4, 0.5) is 20.2 Å². The van der Waals surface area contributed by atoms with E-state index in [1.54, 1.807) is 18.5 Å². The fourth-order valence-corrected chi connectivity index (χ4v) is 5.84. The van der Waals surface area contributed by atoms with Crippen LogP contribution in [0.1, 0.15) is 48.2 Å². The van der Waals surface area contributed by atoms with E-state index in [1.807, 2.05) is 17.9 Å². The lowest BCUT2D eigenvalue weighted by Gasteiger charge is -2.38. The zero-order chi connectivity index (χ0) is 29.1. The Balaban J connectivity index is 1.43. The number of nitrogens with one attached hydrogen (secondary N) is 1. The number of nitrogens with zero attached hydrogens (tertiary/aromatic N) is 3. The van der Waals surface area contributed by atoms with Crippen LogP contribution < -0.4 is 20.7 Å². The van der Waals surface area contributed by atoms with E-state index in [9.17, 15) is 9.90 Å². The third kappa shape index (κ3) is 6.02. The summed E-state index contributed by atoms with van der Waals surface area (Å²) in [6, 6.07) is 6.73. The Kier molecular flexibility index (Phi) is 8.77. The molecule has 1 aliphatic carbocycles. The molecule has 1 aromatic carbocycles. The molecular formula is C30H35F2N5O4. The molecule has 3 aromatic rings. The zero-order valence-corrected chi connectivity index (χ0v) is 23.1. The van der Waals surface area contributed by atoms with Gasteiger partial charge >= 0.3 is 0 Å². The first-order valence-electron chi connectivity index (χ1n) is 13.9. The summed E-state index contributed by atoms with van der Waals surface area (Å²) in [5.74, 6) is -1.95. The minimum Gasteiger partial charge on any atom is -0.496 e. The Morgan fingerprint density at radius 1 is 1.20 bits per heavy atom. The minimum absolute atomic E-state index is 0.0109. The number of morpholine rings is 1. The average molecular weight is 568 g/mol. The molecule has 9 nitrogen and oxygen atoms in total. The number of carbonyl (C=O) groups excluding carboxylic acids is 1.